The SMILES string of the molecule is Cc1nn(C)c(C)c1NC(=O)N1CCN[C@H](c2ccccc2Cl)C1. The zero-order valence-corrected chi connectivity index (χ0v) is 14.9. The van der Waals surface area contributed by atoms with E-state index in [9.17, 15) is 4.79 Å². The van der Waals surface area contributed by atoms with Gasteiger partial charge in [0.25, 0.3) is 0 Å². The van der Waals surface area contributed by atoms with Crippen LogP contribution in [0.2, 0.25) is 5.02 Å². The summed E-state index contributed by atoms with van der Waals surface area (Å²) in [6.07, 6.45) is 0. The molecule has 1 aliphatic heterocycles. The molecule has 3 rings (SSSR count). The lowest BCUT2D eigenvalue weighted by molar-refractivity contribution is 0.190. The van der Waals surface area contributed by atoms with Crippen LogP contribution in [0.5, 0.6) is 0 Å². The molecule has 1 fully saturated rings. The lowest BCUT2D eigenvalue weighted by atomic mass is 10.0. The molecule has 0 aliphatic carbocycles. The third-order valence-corrected chi connectivity index (χ3v) is 4.83. The molecule has 0 spiro atoms. The fourth-order valence-electron chi connectivity index (χ4n) is 3.04. The Morgan fingerprint density at radius 1 is 1.38 bits per heavy atom. The van der Waals surface area contributed by atoms with Crippen molar-refractivity contribution >= 4 is 23.3 Å². The van der Waals surface area contributed by atoms with Crippen LogP contribution >= 0.6 is 11.6 Å². The number of urea groups is 1. The fraction of sp³-hybridized carbons (Fsp3) is 0.412. The Labute approximate surface area is 146 Å². The number of piperazine rings is 1. The Morgan fingerprint density at radius 2 is 2.12 bits per heavy atom. The van der Waals surface area contributed by atoms with Crippen molar-refractivity contribution in [3.63, 3.8) is 0 Å². The van der Waals surface area contributed by atoms with Crippen molar-refractivity contribution in [3.05, 3.63) is 46.2 Å². The van der Waals surface area contributed by atoms with Crippen LogP contribution < -0.4 is 10.6 Å². The van der Waals surface area contributed by atoms with Crippen molar-refractivity contribution in [3.8, 4) is 0 Å². The zero-order valence-electron chi connectivity index (χ0n) is 14.1. The van der Waals surface area contributed by atoms with Gasteiger partial charge in [-0.15, -0.1) is 0 Å². The molecule has 24 heavy (non-hydrogen) atoms. The van der Waals surface area contributed by atoms with E-state index in [-0.39, 0.29) is 12.1 Å². The third-order valence-electron chi connectivity index (χ3n) is 4.48. The molecular formula is C17H22ClN5O. The number of nitrogens with zero attached hydrogens (tertiary/aromatic N) is 3. The quantitative estimate of drug-likeness (QED) is 0.878. The number of hydrogen-bond acceptors (Lipinski definition) is 3. The van der Waals surface area contributed by atoms with Crippen molar-refractivity contribution < 1.29 is 4.79 Å². The predicted molar refractivity (Wildman–Crippen MR) is 95.5 cm³/mol. The van der Waals surface area contributed by atoms with Crippen LogP contribution in [0.1, 0.15) is 23.0 Å². The molecule has 2 amide bonds. The maximum atomic E-state index is 12.7. The van der Waals surface area contributed by atoms with Crippen LogP contribution in [0.3, 0.4) is 0 Å². The Balaban J connectivity index is 1.73. The van der Waals surface area contributed by atoms with Gasteiger partial charge in [-0.25, -0.2) is 4.79 Å². The summed E-state index contributed by atoms with van der Waals surface area (Å²) in [5.41, 5.74) is 3.57. The van der Waals surface area contributed by atoms with E-state index in [4.69, 9.17) is 11.6 Å². The second kappa shape index (κ2) is 6.83. The number of rotatable bonds is 2. The van der Waals surface area contributed by atoms with Crippen LogP contribution in [0.25, 0.3) is 0 Å². The highest BCUT2D eigenvalue weighted by Crippen LogP contribution is 2.25. The number of nitrogens with one attached hydrogen (secondary N) is 2. The first-order chi connectivity index (χ1) is 11.5. The number of amides is 2. The molecule has 2 heterocycles. The number of benzene rings is 1. The third kappa shape index (κ3) is 3.25. The van der Waals surface area contributed by atoms with Crippen LogP contribution in [0.4, 0.5) is 10.5 Å². The van der Waals surface area contributed by atoms with Gasteiger partial charge in [-0.1, -0.05) is 29.8 Å². The molecule has 128 valence electrons. The molecule has 1 atom stereocenters. The van der Waals surface area contributed by atoms with Crippen LogP contribution in [-0.2, 0) is 7.05 Å². The predicted octanol–water partition coefficient (Wildman–Crippen LogP) is 2.87. The van der Waals surface area contributed by atoms with Gasteiger partial charge < -0.3 is 15.5 Å². The minimum atomic E-state index is -0.104. The minimum absolute atomic E-state index is 0.0364. The fourth-order valence-corrected chi connectivity index (χ4v) is 3.31. The number of anilines is 1. The molecule has 2 N–H and O–H groups in total. The van der Waals surface area contributed by atoms with Crippen LogP contribution in [0, 0.1) is 13.8 Å². The monoisotopic (exact) mass is 347 g/mol. The van der Waals surface area contributed by atoms with Gasteiger partial charge in [-0.05, 0) is 25.5 Å². The molecule has 1 aromatic carbocycles. The highest BCUT2D eigenvalue weighted by atomic mass is 35.5. The largest absolute Gasteiger partial charge is 0.322 e. The molecule has 6 nitrogen and oxygen atoms in total. The van der Waals surface area contributed by atoms with E-state index in [0.29, 0.717) is 13.1 Å². The minimum Gasteiger partial charge on any atom is -0.321 e. The van der Waals surface area contributed by atoms with Gasteiger partial charge in [-0.3, -0.25) is 4.68 Å². The van der Waals surface area contributed by atoms with E-state index >= 15 is 0 Å². The van der Waals surface area contributed by atoms with E-state index in [0.717, 1.165) is 34.2 Å². The summed E-state index contributed by atoms with van der Waals surface area (Å²) in [5, 5.41) is 11.5. The number of halogens is 1. The van der Waals surface area contributed by atoms with E-state index in [1.807, 2.05) is 50.1 Å². The van der Waals surface area contributed by atoms with E-state index in [2.05, 4.69) is 15.7 Å². The van der Waals surface area contributed by atoms with Crippen molar-refractivity contribution in [1.29, 1.82) is 0 Å². The molecule has 1 saturated heterocycles. The van der Waals surface area contributed by atoms with Gasteiger partial charge >= 0.3 is 6.03 Å². The van der Waals surface area contributed by atoms with Crippen LogP contribution in [-0.4, -0.2) is 40.3 Å². The van der Waals surface area contributed by atoms with Crippen molar-refractivity contribution in [2.75, 3.05) is 25.0 Å². The highest BCUT2D eigenvalue weighted by Gasteiger charge is 2.26. The summed E-state index contributed by atoms with van der Waals surface area (Å²) in [7, 11) is 1.87. The molecule has 7 heteroatoms. The zero-order chi connectivity index (χ0) is 17.3. The lowest BCUT2D eigenvalue weighted by Gasteiger charge is -2.34. The van der Waals surface area contributed by atoms with Gasteiger partial charge in [0.15, 0.2) is 0 Å². The van der Waals surface area contributed by atoms with Crippen molar-refractivity contribution in [2.24, 2.45) is 7.05 Å². The summed E-state index contributed by atoms with van der Waals surface area (Å²) < 4.78 is 1.77. The number of aromatic nitrogens is 2. The Hall–Kier alpha value is -2.05. The van der Waals surface area contributed by atoms with Gasteiger partial charge in [-0.2, -0.15) is 5.10 Å². The Kier molecular flexibility index (Phi) is 4.78. The Morgan fingerprint density at radius 3 is 2.79 bits per heavy atom. The second-order valence-electron chi connectivity index (χ2n) is 6.07. The van der Waals surface area contributed by atoms with Gasteiger partial charge in [0.2, 0.25) is 0 Å². The summed E-state index contributed by atoms with van der Waals surface area (Å²) in [5.74, 6) is 0. The molecule has 0 saturated carbocycles. The second-order valence-corrected chi connectivity index (χ2v) is 6.48. The molecule has 1 aromatic heterocycles. The molecule has 2 aromatic rings. The average Bonchev–Trinajstić information content (AvgIpc) is 2.81. The lowest BCUT2D eigenvalue weighted by Crippen LogP contribution is -2.49. The number of carbonyl (C=O) groups excluding carboxylic acids is 1. The number of aryl methyl sites for hydroxylation is 2. The van der Waals surface area contributed by atoms with Gasteiger partial charge in [0.1, 0.15) is 0 Å². The topological polar surface area (TPSA) is 62.2 Å². The van der Waals surface area contributed by atoms with Crippen molar-refractivity contribution in [2.45, 2.75) is 19.9 Å². The normalized spacial score (nSPS) is 17.8. The summed E-state index contributed by atoms with van der Waals surface area (Å²) in [4.78, 5) is 14.5. The number of carbonyl (C=O) groups is 1. The average molecular weight is 348 g/mol. The molecular weight excluding hydrogens is 326 g/mol. The summed E-state index contributed by atoms with van der Waals surface area (Å²) in [6.45, 7) is 5.81. The molecule has 0 unspecified atom stereocenters. The van der Waals surface area contributed by atoms with Gasteiger partial charge in [0.05, 0.1) is 23.1 Å². The van der Waals surface area contributed by atoms with Gasteiger partial charge in [0, 0.05) is 31.7 Å². The molecule has 0 radical (unpaired) electrons. The Bertz CT molecular complexity index is 757. The summed E-state index contributed by atoms with van der Waals surface area (Å²) >= 11 is 6.29. The summed E-state index contributed by atoms with van der Waals surface area (Å²) in [6, 6.07) is 7.68. The van der Waals surface area contributed by atoms with E-state index < -0.39 is 0 Å². The smallest absolute Gasteiger partial charge is 0.321 e. The first kappa shape index (κ1) is 16.8. The number of hydrogen-bond donors (Lipinski definition) is 2. The highest BCUT2D eigenvalue weighted by molar-refractivity contribution is 6.31. The first-order valence-corrected chi connectivity index (χ1v) is 8.39. The van der Waals surface area contributed by atoms with Crippen LogP contribution in [0.15, 0.2) is 24.3 Å². The molecule has 1 aliphatic rings. The van der Waals surface area contributed by atoms with E-state index in [1.54, 1.807) is 4.68 Å². The molecule has 0 bridgehead atoms. The first-order valence-electron chi connectivity index (χ1n) is 8.01. The standard InChI is InChI=1S/C17H22ClN5O/c1-11-16(12(2)22(3)21-11)20-17(24)23-9-8-19-15(10-23)13-6-4-5-7-14(13)18/h4-7,15,19H,8-10H2,1-3H3,(H,20,24)/t15-/m0/s1. The van der Waals surface area contributed by atoms with E-state index in [1.165, 1.54) is 0 Å². The maximum absolute atomic E-state index is 12.7. The van der Waals surface area contributed by atoms with Crippen molar-refractivity contribution in [1.82, 2.24) is 20.0 Å². The maximum Gasteiger partial charge on any atom is 0.322 e.